The Morgan fingerprint density at radius 2 is 2.00 bits per heavy atom. The highest BCUT2D eigenvalue weighted by Gasteiger charge is 2.10. The first-order valence-electron chi connectivity index (χ1n) is 6.39. The summed E-state index contributed by atoms with van der Waals surface area (Å²) in [6.45, 7) is 7.96. The van der Waals surface area contributed by atoms with E-state index in [0.717, 1.165) is 16.5 Å². The number of carbonyl (C=O) groups excluding carboxylic acids is 1. The van der Waals surface area contributed by atoms with Gasteiger partial charge in [-0.2, -0.15) is 0 Å². The van der Waals surface area contributed by atoms with E-state index in [1.54, 1.807) is 6.92 Å². The van der Waals surface area contributed by atoms with Crippen LogP contribution in [0, 0.1) is 6.92 Å². The molecule has 1 heterocycles. The Labute approximate surface area is 112 Å². The van der Waals surface area contributed by atoms with Gasteiger partial charge in [-0.15, -0.1) is 0 Å². The lowest BCUT2D eigenvalue weighted by Crippen LogP contribution is -2.01. The van der Waals surface area contributed by atoms with Crippen LogP contribution in [0.2, 0.25) is 0 Å². The molecule has 0 aliphatic heterocycles. The van der Waals surface area contributed by atoms with Crippen LogP contribution in [0.15, 0.2) is 30.1 Å². The molecule has 0 saturated heterocycles. The minimum Gasteiger partial charge on any atom is -0.342 e. The molecule has 2 aromatic rings. The molecule has 1 aromatic heterocycles. The average Bonchev–Trinajstić information content (AvgIpc) is 2.71. The van der Waals surface area contributed by atoms with Crippen LogP contribution < -0.4 is 0 Å². The number of nitrogens with zero attached hydrogens (tertiary/aromatic N) is 1. The number of rotatable bonds is 3. The van der Waals surface area contributed by atoms with Gasteiger partial charge in [0.1, 0.15) is 0 Å². The number of aryl methyl sites for hydroxylation is 1. The van der Waals surface area contributed by atoms with Crippen molar-refractivity contribution in [2.75, 3.05) is 0 Å². The van der Waals surface area contributed by atoms with Gasteiger partial charge in [-0.3, -0.25) is 4.79 Å². The minimum absolute atomic E-state index is 0.254. The van der Waals surface area contributed by atoms with Crippen molar-refractivity contribution in [1.82, 2.24) is 4.57 Å². The molecule has 0 saturated carbocycles. The first kappa shape index (κ1) is 13.5. The van der Waals surface area contributed by atoms with Crippen LogP contribution in [-0.2, 0) is 4.79 Å². The van der Waals surface area contributed by atoms with Gasteiger partial charge in [-0.25, -0.2) is 4.39 Å². The van der Waals surface area contributed by atoms with Gasteiger partial charge in [0.2, 0.25) is 0 Å². The molecule has 0 spiro atoms. The largest absolute Gasteiger partial charge is 0.342 e. The second kappa shape index (κ2) is 5.00. The zero-order valence-corrected chi connectivity index (χ0v) is 11.7. The first-order valence-corrected chi connectivity index (χ1v) is 6.39. The predicted molar refractivity (Wildman–Crippen MR) is 76.8 cm³/mol. The van der Waals surface area contributed by atoms with Crippen LogP contribution in [0.5, 0.6) is 0 Å². The van der Waals surface area contributed by atoms with Gasteiger partial charge < -0.3 is 4.57 Å². The minimum atomic E-state index is -0.709. The van der Waals surface area contributed by atoms with E-state index in [9.17, 15) is 9.18 Å². The maximum atomic E-state index is 13.3. The monoisotopic (exact) mass is 259 g/mol. The summed E-state index contributed by atoms with van der Waals surface area (Å²) in [4.78, 5) is 10.5. The Hall–Kier alpha value is -1.90. The number of halogens is 1. The Balaban J connectivity index is 2.64. The third-order valence-corrected chi connectivity index (χ3v) is 3.44. The molecule has 0 radical (unpaired) electrons. The van der Waals surface area contributed by atoms with Gasteiger partial charge in [0.25, 0.3) is 0 Å². The fourth-order valence-electron chi connectivity index (χ4n) is 2.52. The average molecular weight is 259 g/mol. The number of hydrogen-bond acceptors (Lipinski definition) is 1. The summed E-state index contributed by atoms with van der Waals surface area (Å²) in [5.74, 6) is -0.709. The fraction of sp³-hybridized carbons (Fsp3) is 0.312. The lowest BCUT2D eigenvalue weighted by atomic mass is 10.0. The van der Waals surface area contributed by atoms with Crippen molar-refractivity contribution < 1.29 is 9.18 Å². The van der Waals surface area contributed by atoms with Crippen LogP contribution >= 0.6 is 0 Å². The van der Waals surface area contributed by atoms with Crippen molar-refractivity contribution in [3.8, 4) is 0 Å². The van der Waals surface area contributed by atoms with E-state index in [2.05, 4.69) is 31.4 Å². The summed E-state index contributed by atoms with van der Waals surface area (Å²) < 4.78 is 15.6. The number of aromatic nitrogens is 1. The Morgan fingerprint density at radius 3 is 2.58 bits per heavy atom. The van der Waals surface area contributed by atoms with E-state index in [4.69, 9.17) is 0 Å². The first-order chi connectivity index (χ1) is 8.95. The van der Waals surface area contributed by atoms with Crippen molar-refractivity contribution in [3.05, 3.63) is 41.3 Å². The van der Waals surface area contributed by atoms with Crippen LogP contribution in [0.1, 0.15) is 38.1 Å². The van der Waals surface area contributed by atoms with Crippen molar-refractivity contribution in [2.24, 2.45) is 0 Å². The molecule has 2 rings (SSSR count). The molecular formula is C16H18FNO. The molecule has 0 fully saturated rings. The number of hydrogen-bond donors (Lipinski definition) is 0. The molecule has 0 unspecified atom stereocenters. The topological polar surface area (TPSA) is 22.0 Å². The quantitative estimate of drug-likeness (QED) is 0.590. The zero-order valence-electron chi connectivity index (χ0n) is 11.7. The molecule has 0 atom stereocenters. The smallest absolute Gasteiger partial charge is 0.178 e. The van der Waals surface area contributed by atoms with Gasteiger partial charge in [0, 0.05) is 22.6 Å². The molecule has 2 nitrogen and oxygen atoms in total. The molecule has 3 heteroatoms. The van der Waals surface area contributed by atoms with Gasteiger partial charge >= 0.3 is 0 Å². The Morgan fingerprint density at radius 1 is 1.32 bits per heavy atom. The van der Waals surface area contributed by atoms with Crippen molar-refractivity contribution in [2.45, 2.75) is 33.7 Å². The number of aldehydes is 1. The third kappa shape index (κ3) is 2.33. The standard InChI is InChI=1S/C16H18FNO/c1-10(2)18-11(3)7-14-8-13(5-6-16(14)18)12(4)15(17)9-19/h5-10H,1-4H3. The van der Waals surface area contributed by atoms with Gasteiger partial charge in [0.05, 0.1) is 0 Å². The van der Waals surface area contributed by atoms with Crippen molar-refractivity contribution in [3.63, 3.8) is 0 Å². The SMILES string of the molecule is CC(=C(F)C=O)c1ccc2c(c1)cc(C)n2C(C)C. The van der Waals surface area contributed by atoms with Crippen LogP contribution in [0.4, 0.5) is 4.39 Å². The zero-order chi connectivity index (χ0) is 14.2. The summed E-state index contributed by atoms with van der Waals surface area (Å²) >= 11 is 0. The van der Waals surface area contributed by atoms with Crippen molar-refractivity contribution in [1.29, 1.82) is 0 Å². The maximum absolute atomic E-state index is 13.3. The summed E-state index contributed by atoms with van der Waals surface area (Å²) in [5.41, 5.74) is 3.44. The van der Waals surface area contributed by atoms with E-state index in [1.807, 2.05) is 18.2 Å². The second-order valence-electron chi connectivity index (χ2n) is 5.11. The second-order valence-corrected chi connectivity index (χ2v) is 5.11. The summed E-state index contributed by atoms with van der Waals surface area (Å²) in [5, 5.41) is 1.07. The maximum Gasteiger partial charge on any atom is 0.178 e. The van der Waals surface area contributed by atoms with E-state index < -0.39 is 5.83 Å². The van der Waals surface area contributed by atoms with Crippen LogP contribution in [-0.4, -0.2) is 10.9 Å². The third-order valence-electron chi connectivity index (χ3n) is 3.44. The van der Waals surface area contributed by atoms with Crippen LogP contribution in [0.3, 0.4) is 0 Å². The fourth-order valence-corrected chi connectivity index (χ4v) is 2.52. The van der Waals surface area contributed by atoms with E-state index in [0.29, 0.717) is 11.6 Å². The number of carbonyl (C=O) groups is 1. The molecule has 0 N–H and O–H groups in total. The molecule has 0 amide bonds. The lowest BCUT2D eigenvalue weighted by Gasteiger charge is -2.12. The number of fused-ring (bicyclic) bond motifs is 1. The number of benzene rings is 1. The highest BCUT2D eigenvalue weighted by Crippen LogP contribution is 2.27. The van der Waals surface area contributed by atoms with Crippen molar-refractivity contribution >= 4 is 22.8 Å². The Bertz CT molecular complexity index is 665. The molecule has 19 heavy (non-hydrogen) atoms. The Kier molecular flexibility index (Phi) is 3.56. The highest BCUT2D eigenvalue weighted by molar-refractivity contribution is 5.89. The van der Waals surface area contributed by atoms with E-state index in [1.165, 1.54) is 5.69 Å². The summed E-state index contributed by atoms with van der Waals surface area (Å²) in [7, 11) is 0. The normalized spacial score (nSPS) is 12.9. The van der Waals surface area contributed by atoms with E-state index in [-0.39, 0.29) is 6.29 Å². The predicted octanol–water partition coefficient (Wildman–Crippen LogP) is 4.43. The van der Waals surface area contributed by atoms with Gasteiger partial charge in [-0.1, -0.05) is 6.07 Å². The molecule has 0 aliphatic rings. The van der Waals surface area contributed by atoms with Gasteiger partial charge in [-0.05, 0) is 57.0 Å². The summed E-state index contributed by atoms with van der Waals surface area (Å²) in [6.07, 6.45) is 0.254. The highest BCUT2D eigenvalue weighted by atomic mass is 19.1. The molecule has 100 valence electrons. The summed E-state index contributed by atoms with van der Waals surface area (Å²) in [6, 6.07) is 8.25. The van der Waals surface area contributed by atoms with E-state index >= 15 is 0 Å². The molecular weight excluding hydrogens is 241 g/mol. The van der Waals surface area contributed by atoms with Gasteiger partial charge in [0.15, 0.2) is 12.1 Å². The molecule has 0 aliphatic carbocycles. The lowest BCUT2D eigenvalue weighted by molar-refractivity contribution is -0.106. The molecule has 1 aromatic carbocycles. The number of allylic oxidation sites excluding steroid dienone is 2. The van der Waals surface area contributed by atoms with Crippen LogP contribution in [0.25, 0.3) is 16.5 Å². The molecule has 0 bridgehead atoms.